The lowest BCUT2D eigenvalue weighted by atomic mass is 10.2. The molecule has 1 aliphatic heterocycles. The molecule has 0 aliphatic carbocycles. The van der Waals surface area contributed by atoms with E-state index in [0.29, 0.717) is 23.6 Å². The van der Waals surface area contributed by atoms with Gasteiger partial charge in [-0.25, -0.2) is 4.98 Å². The van der Waals surface area contributed by atoms with Crippen molar-refractivity contribution in [1.29, 1.82) is 0 Å². The van der Waals surface area contributed by atoms with Gasteiger partial charge in [-0.1, -0.05) is 24.3 Å². The number of ether oxygens (including phenoxy) is 2. The van der Waals surface area contributed by atoms with Crippen LogP contribution >= 0.6 is 0 Å². The van der Waals surface area contributed by atoms with Crippen molar-refractivity contribution in [3.63, 3.8) is 0 Å². The number of anilines is 2. The molecule has 6 heteroatoms. The summed E-state index contributed by atoms with van der Waals surface area (Å²) in [6.45, 7) is 1.29. The minimum atomic E-state index is -0.166. The lowest BCUT2D eigenvalue weighted by molar-refractivity contribution is 0.0950. The molecule has 1 amide bonds. The zero-order valence-electron chi connectivity index (χ0n) is 16.5. The molecule has 4 rings (SSSR count). The monoisotopic (exact) mass is 389 g/mol. The fourth-order valence-corrected chi connectivity index (χ4v) is 3.53. The number of aromatic nitrogens is 1. The van der Waals surface area contributed by atoms with Crippen LogP contribution in [0.3, 0.4) is 0 Å². The number of amides is 1. The highest BCUT2D eigenvalue weighted by Gasteiger charge is 2.20. The van der Waals surface area contributed by atoms with Crippen LogP contribution in [0.25, 0.3) is 0 Å². The van der Waals surface area contributed by atoms with Crippen molar-refractivity contribution >= 4 is 17.4 Å². The highest BCUT2D eigenvalue weighted by molar-refractivity contribution is 5.94. The second-order valence-corrected chi connectivity index (χ2v) is 6.81. The first-order valence-electron chi connectivity index (χ1n) is 9.50. The Balaban J connectivity index is 1.41. The highest BCUT2D eigenvalue weighted by Crippen LogP contribution is 2.33. The SMILES string of the molecule is COc1ccc(CNC(=O)c2ccc(N3CCc4ccccc43)nc2)cc1OC. The quantitative estimate of drug-likeness (QED) is 0.696. The van der Waals surface area contributed by atoms with Gasteiger partial charge in [0.15, 0.2) is 11.5 Å². The molecule has 1 aliphatic rings. The Morgan fingerprint density at radius 3 is 2.66 bits per heavy atom. The van der Waals surface area contributed by atoms with E-state index in [9.17, 15) is 4.79 Å². The number of nitrogens with one attached hydrogen (secondary N) is 1. The van der Waals surface area contributed by atoms with Crippen LogP contribution in [-0.4, -0.2) is 31.7 Å². The van der Waals surface area contributed by atoms with Crippen LogP contribution in [0, 0.1) is 0 Å². The molecule has 2 heterocycles. The molecule has 2 aromatic carbocycles. The van der Waals surface area contributed by atoms with Gasteiger partial charge < -0.3 is 19.7 Å². The Labute approximate surface area is 170 Å². The lowest BCUT2D eigenvalue weighted by Crippen LogP contribution is -2.23. The molecule has 0 saturated carbocycles. The summed E-state index contributed by atoms with van der Waals surface area (Å²) in [6, 6.07) is 17.6. The van der Waals surface area contributed by atoms with Crippen LogP contribution in [0.15, 0.2) is 60.8 Å². The summed E-state index contributed by atoms with van der Waals surface area (Å²) in [7, 11) is 3.18. The number of nitrogens with zero attached hydrogens (tertiary/aromatic N) is 2. The van der Waals surface area contributed by atoms with E-state index in [2.05, 4.69) is 33.4 Å². The summed E-state index contributed by atoms with van der Waals surface area (Å²) < 4.78 is 10.5. The van der Waals surface area contributed by atoms with Gasteiger partial charge in [-0.2, -0.15) is 0 Å². The Kier molecular flexibility index (Phi) is 5.33. The Morgan fingerprint density at radius 2 is 1.90 bits per heavy atom. The summed E-state index contributed by atoms with van der Waals surface area (Å²) in [6.07, 6.45) is 2.63. The maximum atomic E-state index is 12.5. The van der Waals surface area contributed by atoms with Crippen LogP contribution < -0.4 is 19.7 Å². The van der Waals surface area contributed by atoms with E-state index in [1.165, 1.54) is 11.3 Å². The van der Waals surface area contributed by atoms with Crippen LogP contribution in [0.5, 0.6) is 11.5 Å². The molecule has 29 heavy (non-hydrogen) atoms. The van der Waals surface area contributed by atoms with E-state index in [1.807, 2.05) is 36.4 Å². The minimum absolute atomic E-state index is 0.166. The zero-order chi connectivity index (χ0) is 20.2. The van der Waals surface area contributed by atoms with Crippen LogP contribution in [0.1, 0.15) is 21.5 Å². The third-order valence-electron chi connectivity index (χ3n) is 5.07. The molecule has 1 N–H and O–H groups in total. The normalized spacial score (nSPS) is 12.4. The first-order chi connectivity index (χ1) is 14.2. The van der Waals surface area contributed by atoms with Crippen LogP contribution in [0.2, 0.25) is 0 Å². The maximum absolute atomic E-state index is 12.5. The molecule has 0 unspecified atom stereocenters. The molecule has 0 fully saturated rings. The molecule has 3 aromatic rings. The average Bonchev–Trinajstić information content (AvgIpc) is 3.21. The van der Waals surface area contributed by atoms with Crippen LogP contribution in [-0.2, 0) is 13.0 Å². The van der Waals surface area contributed by atoms with Gasteiger partial charge in [0, 0.05) is 25.0 Å². The minimum Gasteiger partial charge on any atom is -0.493 e. The number of carbonyl (C=O) groups is 1. The van der Waals surface area contributed by atoms with Gasteiger partial charge in [-0.3, -0.25) is 4.79 Å². The van der Waals surface area contributed by atoms with Crippen molar-refractivity contribution in [2.45, 2.75) is 13.0 Å². The van der Waals surface area contributed by atoms with Gasteiger partial charge in [0.2, 0.25) is 0 Å². The molecule has 0 radical (unpaired) electrons. The number of hydrogen-bond acceptors (Lipinski definition) is 5. The largest absolute Gasteiger partial charge is 0.493 e. The van der Waals surface area contributed by atoms with E-state index in [-0.39, 0.29) is 5.91 Å². The second-order valence-electron chi connectivity index (χ2n) is 6.81. The number of rotatable bonds is 6. The molecule has 0 bridgehead atoms. The Hall–Kier alpha value is -3.54. The van der Waals surface area contributed by atoms with Crippen molar-refractivity contribution in [1.82, 2.24) is 10.3 Å². The summed E-state index contributed by atoms with van der Waals surface area (Å²) in [5, 5.41) is 2.92. The number of fused-ring (bicyclic) bond motifs is 1. The third-order valence-corrected chi connectivity index (χ3v) is 5.07. The smallest absolute Gasteiger partial charge is 0.253 e. The third kappa shape index (κ3) is 3.87. The Morgan fingerprint density at radius 1 is 1.07 bits per heavy atom. The van der Waals surface area contributed by atoms with Gasteiger partial charge >= 0.3 is 0 Å². The number of hydrogen-bond donors (Lipinski definition) is 1. The molecule has 0 atom stereocenters. The van der Waals surface area contributed by atoms with Gasteiger partial charge in [0.1, 0.15) is 5.82 Å². The molecular formula is C23H23N3O3. The highest BCUT2D eigenvalue weighted by atomic mass is 16.5. The number of benzene rings is 2. The predicted molar refractivity (Wildman–Crippen MR) is 112 cm³/mol. The standard InChI is InChI=1S/C23H23N3O3/c1-28-20-9-7-16(13-21(20)29-2)14-25-23(27)18-8-10-22(24-15-18)26-12-11-17-5-3-4-6-19(17)26/h3-10,13,15H,11-12,14H2,1-2H3,(H,25,27). The lowest BCUT2D eigenvalue weighted by Gasteiger charge is -2.18. The summed E-state index contributed by atoms with van der Waals surface area (Å²) in [4.78, 5) is 19.2. The topological polar surface area (TPSA) is 63.7 Å². The first kappa shape index (κ1) is 18.8. The van der Waals surface area contributed by atoms with E-state index < -0.39 is 0 Å². The average molecular weight is 389 g/mol. The summed E-state index contributed by atoms with van der Waals surface area (Å²) >= 11 is 0. The van der Waals surface area contributed by atoms with E-state index in [4.69, 9.17) is 9.47 Å². The predicted octanol–water partition coefficient (Wildman–Crippen LogP) is 3.72. The van der Waals surface area contributed by atoms with Crippen molar-refractivity contribution in [2.75, 3.05) is 25.7 Å². The van der Waals surface area contributed by atoms with Crippen molar-refractivity contribution in [3.05, 3.63) is 77.5 Å². The van der Waals surface area contributed by atoms with E-state index in [1.54, 1.807) is 20.4 Å². The van der Waals surface area contributed by atoms with Gasteiger partial charge in [-0.05, 0) is 47.9 Å². The van der Waals surface area contributed by atoms with Gasteiger partial charge in [0.25, 0.3) is 5.91 Å². The molecular weight excluding hydrogens is 366 g/mol. The maximum Gasteiger partial charge on any atom is 0.253 e. The van der Waals surface area contributed by atoms with Crippen molar-refractivity contribution < 1.29 is 14.3 Å². The van der Waals surface area contributed by atoms with Crippen molar-refractivity contribution in [2.24, 2.45) is 0 Å². The molecule has 0 spiro atoms. The number of pyridine rings is 1. The van der Waals surface area contributed by atoms with Gasteiger partial charge in [0.05, 0.1) is 19.8 Å². The Bertz CT molecular complexity index is 1020. The van der Waals surface area contributed by atoms with E-state index >= 15 is 0 Å². The summed E-state index contributed by atoms with van der Waals surface area (Å²) in [5.41, 5.74) is 3.97. The fraction of sp³-hybridized carbons (Fsp3) is 0.217. The zero-order valence-corrected chi connectivity index (χ0v) is 16.5. The molecule has 148 valence electrons. The van der Waals surface area contributed by atoms with E-state index in [0.717, 1.165) is 24.3 Å². The number of para-hydroxylation sites is 1. The van der Waals surface area contributed by atoms with Gasteiger partial charge in [-0.15, -0.1) is 0 Å². The first-order valence-corrected chi connectivity index (χ1v) is 9.50. The number of methoxy groups -OCH3 is 2. The second kappa shape index (κ2) is 8.22. The number of carbonyl (C=O) groups excluding carboxylic acids is 1. The molecule has 6 nitrogen and oxygen atoms in total. The summed E-state index contributed by atoms with van der Waals surface area (Å²) in [5.74, 6) is 1.98. The van der Waals surface area contributed by atoms with Crippen LogP contribution in [0.4, 0.5) is 11.5 Å². The molecule has 1 aromatic heterocycles. The fourth-order valence-electron chi connectivity index (χ4n) is 3.53. The van der Waals surface area contributed by atoms with Crippen molar-refractivity contribution in [3.8, 4) is 11.5 Å². The molecule has 0 saturated heterocycles.